The molecule has 1 fully saturated rings. The number of nitrogens with one attached hydrogen (secondary N) is 1. The van der Waals surface area contributed by atoms with E-state index < -0.39 is 5.97 Å². The molecule has 1 unspecified atom stereocenters. The molecule has 0 aromatic carbocycles. The zero-order chi connectivity index (χ0) is 15.8. The molecular formula is C15H28N2O3S. The van der Waals surface area contributed by atoms with Gasteiger partial charge in [-0.1, -0.05) is 6.92 Å². The van der Waals surface area contributed by atoms with Gasteiger partial charge < -0.3 is 15.3 Å². The molecule has 1 rings (SSSR count). The third kappa shape index (κ3) is 6.16. The highest BCUT2D eigenvalue weighted by Gasteiger charge is 2.27. The maximum Gasteiger partial charge on any atom is 0.317 e. The second-order valence-electron chi connectivity index (χ2n) is 5.78. The number of rotatable bonds is 7. The maximum atomic E-state index is 12.2. The van der Waals surface area contributed by atoms with Crippen LogP contribution in [-0.2, 0) is 4.79 Å². The van der Waals surface area contributed by atoms with Gasteiger partial charge in [-0.05, 0) is 50.5 Å². The van der Waals surface area contributed by atoms with Crippen LogP contribution >= 0.6 is 11.8 Å². The zero-order valence-corrected chi connectivity index (χ0v) is 14.1. The third-order valence-corrected chi connectivity index (χ3v) is 5.20. The van der Waals surface area contributed by atoms with Gasteiger partial charge in [-0.15, -0.1) is 0 Å². The molecule has 1 saturated carbocycles. The van der Waals surface area contributed by atoms with E-state index in [1.807, 2.05) is 18.8 Å². The van der Waals surface area contributed by atoms with Crippen LogP contribution in [0.2, 0.25) is 0 Å². The van der Waals surface area contributed by atoms with Crippen LogP contribution in [0.1, 0.15) is 46.0 Å². The fourth-order valence-electron chi connectivity index (χ4n) is 2.55. The molecule has 0 aromatic rings. The van der Waals surface area contributed by atoms with Gasteiger partial charge in [0, 0.05) is 19.1 Å². The minimum Gasteiger partial charge on any atom is -0.481 e. The van der Waals surface area contributed by atoms with Gasteiger partial charge in [0.2, 0.25) is 0 Å². The van der Waals surface area contributed by atoms with Crippen LogP contribution in [0, 0.1) is 5.92 Å². The molecule has 0 aliphatic heterocycles. The van der Waals surface area contributed by atoms with Crippen molar-refractivity contribution in [3.05, 3.63) is 0 Å². The Labute approximate surface area is 131 Å². The van der Waals surface area contributed by atoms with Crippen LogP contribution in [-0.4, -0.2) is 52.6 Å². The number of urea groups is 1. The monoisotopic (exact) mass is 316 g/mol. The highest BCUT2D eigenvalue weighted by molar-refractivity contribution is 7.99. The van der Waals surface area contributed by atoms with Gasteiger partial charge in [-0.2, -0.15) is 11.8 Å². The number of thioether (sulfide) groups is 1. The Balaban J connectivity index is 2.31. The van der Waals surface area contributed by atoms with Gasteiger partial charge in [0.15, 0.2) is 0 Å². The Kier molecular flexibility index (Phi) is 7.93. The smallest absolute Gasteiger partial charge is 0.317 e. The summed E-state index contributed by atoms with van der Waals surface area (Å²) in [5.41, 5.74) is 0. The number of hydrogen-bond acceptors (Lipinski definition) is 3. The highest BCUT2D eigenvalue weighted by atomic mass is 32.2. The molecule has 1 aliphatic carbocycles. The van der Waals surface area contributed by atoms with E-state index in [0.717, 1.165) is 30.8 Å². The average Bonchev–Trinajstić information content (AvgIpc) is 2.47. The van der Waals surface area contributed by atoms with E-state index in [2.05, 4.69) is 19.2 Å². The van der Waals surface area contributed by atoms with Crippen molar-refractivity contribution in [2.24, 2.45) is 5.92 Å². The van der Waals surface area contributed by atoms with Crippen molar-refractivity contribution in [2.75, 3.05) is 18.6 Å². The van der Waals surface area contributed by atoms with Crippen LogP contribution in [0.15, 0.2) is 0 Å². The summed E-state index contributed by atoms with van der Waals surface area (Å²) >= 11 is 1.89. The van der Waals surface area contributed by atoms with Crippen molar-refractivity contribution in [3.8, 4) is 0 Å². The van der Waals surface area contributed by atoms with Gasteiger partial charge in [0.05, 0.1) is 5.92 Å². The largest absolute Gasteiger partial charge is 0.481 e. The molecule has 0 radical (unpaired) electrons. The first-order valence-corrected chi connectivity index (χ1v) is 8.95. The van der Waals surface area contributed by atoms with Crippen LogP contribution in [0.3, 0.4) is 0 Å². The number of aliphatic carboxylic acids is 1. The lowest BCUT2D eigenvalue weighted by atomic mass is 9.86. The number of carbonyl (C=O) groups excluding carboxylic acids is 1. The number of hydrogen-bond donors (Lipinski definition) is 2. The molecule has 2 amide bonds. The zero-order valence-electron chi connectivity index (χ0n) is 13.3. The van der Waals surface area contributed by atoms with Crippen molar-refractivity contribution in [1.29, 1.82) is 0 Å². The Morgan fingerprint density at radius 2 is 1.95 bits per heavy atom. The highest BCUT2D eigenvalue weighted by Crippen LogP contribution is 2.24. The quantitative estimate of drug-likeness (QED) is 0.709. The van der Waals surface area contributed by atoms with E-state index in [1.165, 1.54) is 0 Å². The number of carbonyl (C=O) groups is 2. The van der Waals surface area contributed by atoms with E-state index >= 15 is 0 Å². The first kappa shape index (κ1) is 18.1. The van der Waals surface area contributed by atoms with Crippen LogP contribution < -0.4 is 5.32 Å². The Morgan fingerprint density at radius 1 is 1.33 bits per heavy atom. The summed E-state index contributed by atoms with van der Waals surface area (Å²) in [6, 6.07) is 0.301. The molecule has 1 atom stereocenters. The summed E-state index contributed by atoms with van der Waals surface area (Å²) in [6.45, 7) is 4.20. The first-order valence-electron chi connectivity index (χ1n) is 7.79. The van der Waals surface area contributed by atoms with E-state index in [-0.39, 0.29) is 24.0 Å². The lowest BCUT2D eigenvalue weighted by molar-refractivity contribution is -0.142. The minimum atomic E-state index is -0.709. The molecule has 2 N–H and O–H groups in total. The summed E-state index contributed by atoms with van der Waals surface area (Å²) in [5.74, 6) is 1.23. The van der Waals surface area contributed by atoms with Gasteiger partial charge in [-0.3, -0.25) is 4.79 Å². The molecule has 0 aromatic heterocycles. The molecule has 1 aliphatic rings. The molecule has 6 heteroatoms. The van der Waals surface area contributed by atoms with E-state index in [9.17, 15) is 9.59 Å². The van der Waals surface area contributed by atoms with Crippen molar-refractivity contribution in [3.63, 3.8) is 0 Å². The lowest BCUT2D eigenvalue weighted by Gasteiger charge is -2.31. The van der Waals surface area contributed by atoms with Gasteiger partial charge in [-0.25, -0.2) is 4.79 Å². The van der Waals surface area contributed by atoms with Crippen LogP contribution in [0.25, 0.3) is 0 Å². The SMILES string of the molecule is CCSCCC(C)N(C)C(=O)NC1CCC(C(=O)O)CC1. The number of amides is 2. The summed E-state index contributed by atoms with van der Waals surface area (Å²) in [4.78, 5) is 24.9. The molecule has 122 valence electrons. The average molecular weight is 316 g/mol. The molecule has 21 heavy (non-hydrogen) atoms. The minimum absolute atomic E-state index is 0.0391. The van der Waals surface area contributed by atoms with Gasteiger partial charge in [0.1, 0.15) is 0 Å². The number of carboxylic acids is 1. The fraction of sp³-hybridized carbons (Fsp3) is 0.867. The fourth-order valence-corrected chi connectivity index (χ4v) is 3.35. The van der Waals surface area contributed by atoms with E-state index in [0.29, 0.717) is 12.8 Å². The Bertz CT molecular complexity index is 344. The normalized spacial score (nSPS) is 23.4. The Morgan fingerprint density at radius 3 is 2.48 bits per heavy atom. The first-order chi connectivity index (χ1) is 9.95. The Hall–Kier alpha value is -0.910. The van der Waals surface area contributed by atoms with Crippen molar-refractivity contribution in [1.82, 2.24) is 10.2 Å². The summed E-state index contributed by atoms with van der Waals surface area (Å²) in [7, 11) is 1.83. The van der Waals surface area contributed by atoms with Crippen molar-refractivity contribution >= 4 is 23.8 Å². The summed E-state index contributed by atoms with van der Waals surface area (Å²) < 4.78 is 0. The van der Waals surface area contributed by atoms with E-state index in [1.54, 1.807) is 4.90 Å². The van der Waals surface area contributed by atoms with Gasteiger partial charge in [0.25, 0.3) is 0 Å². The van der Waals surface area contributed by atoms with Crippen LogP contribution in [0.4, 0.5) is 4.79 Å². The van der Waals surface area contributed by atoms with E-state index in [4.69, 9.17) is 5.11 Å². The molecule has 0 bridgehead atoms. The molecular weight excluding hydrogens is 288 g/mol. The maximum absolute atomic E-state index is 12.2. The summed E-state index contributed by atoms with van der Waals surface area (Å²) in [5, 5.41) is 12.0. The lowest BCUT2D eigenvalue weighted by Crippen LogP contribution is -2.47. The topological polar surface area (TPSA) is 69.6 Å². The molecule has 0 heterocycles. The standard InChI is InChI=1S/C15H28N2O3S/c1-4-21-10-9-11(2)17(3)15(20)16-13-7-5-12(6-8-13)14(18)19/h11-13H,4-10H2,1-3H3,(H,16,20)(H,18,19). The number of nitrogens with zero attached hydrogens (tertiary/aromatic N) is 1. The van der Waals surface area contributed by atoms with Crippen molar-refractivity contribution in [2.45, 2.75) is 58.0 Å². The van der Waals surface area contributed by atoms with Crippen molar-refractivity contribution < 1.29 is 14.7 Å². The third-order valence-electron chi connectivity index (χ3n) is 4.27. The molecule has 5 nitrogen and oxygen atoms in total. The predicted octanol–water partition coefficient (Wildman–Crippen LogP) is 2.80. The molecule has 0 spiro atoms. The predicted molar refractivity (Wildman–Crippen MR) is 86.8 cm³/mol. The molecule has 0 saturated heterocycles. The summed E-state index contributed by atoms with van der Waals surface area (Å²) in [6.07, 6.45) is 3.83. The number of carboxylic acid groups (broad SMARTS) is 1. The second kappa shape index (κ2) is 9.18. The van der Waals surface area contributed by atoms with Crippen LogP contribution in [0.5, 0.6) is 0 Å². The second-order valence-corrected chi connectivity index (χ2v) is 7.18. The van der Waals surface area contributed by atoms with Gasteiger partial charge >= 0.3 is 12.0 Å².